The number of β-amino-alcohol motifs (C(OH)–C–C–N with tert-alkyl or cyclic N) is 1. The lowest BCUT2D eigenvalue weighted by molar-refractivity contribution is 0.129. The maximum Gasteiger partial charge on any atom is 0.136 e. The van der Waals surface area contributed by atoms with Crippen molar-refractivity contribution in [2.45, 2.75) is 12.6 Å². The molecular weight excluding hydrogens is 310 g/mol. The summed E-state index contributed by atoms with van der Waals surface area (Å²) in [5.74, 6) is 0.971. The van der Waals surface area contributed by atoms with Gasteiger partial charge in [0.25, 0.3) is 0 Å². The van der Waals surface area contributed by atoms with Crippen LogP contribution in [-0.2, 0) is 6.54 Å². The number of pyridine rings is 1. The van der Waals surface area contributed by atoms with Crippen LogP contribution in [-0.4, -0.2) is 47.3 Å². The van der Waals surface area contributed by atoms with E-state index in [9.17, 15) is 5.11 Å². The number of anilines is 1. The standard InChI is InChI=1S/C21H23N3O/c25-19-15-23(14-17-6-2-1-3-7-17)12-13-24(16-19)21-20-9-5-4-8-18(20)10-11-22-21/h1-11,19,25H,12-16H2/t19-/m1/s1. The Hall–Kier alpha value is -2.43. The Balaban J connectivity index is 1.54. The van der Waals surface area contributed by atoms with Crippen molar-refractivity contribution < 1.29 is 5.11 Å². The molecule has 0 amide bonds. The van der Waals surface area contributed by atoms with Crippen molar-refractivity contribution >= 4 is 16.6 Å². The van der Waals surface area contributed by atoms with Gasteiger partial charge in [0, 0.05) is 44.3 Å². The van der Waals surface area contributed by atoms with Crippen LogP contribution in [0.1, 0.15) is 5.56 Å². The fourth-order valence-corrected chi connectivity index (χ4v) is 3.59. The zero-order valence-corrected chi connectivity index (χ0v) is 14.3. The van der Waals surface area contributed by atoms with E-state index < -0.39 is 0 Å². The fourth-order valence-electron chi connectivity index (χ4n) is 3.59. The van der Waals surface area contributed by atoms with Crippen LogP contribution in [0.2, 0.25) is 0 Å². The van der Waals surface area contributed by atoms with E-state index in [-0.39, 0.29) is 6.10 Å². The van der Waals surface area contributed by atoms with E-state index in [0.717, 1.165) is 30.8 Å². The zero-order chi connectivity index (χ0) is 17.1. The van der Waals surface area contributed by atoms with E-state index in [4.69, 9.17) is 0 Å². The summed E-state index contributed by atoms with van der Waals surface area (Å²) in [5, 5.41) is 12.9. The summed E-state index contributed by atoms with van der Waals surface area (Å²) in [6, 6.07) is 20.8. The van der Waals surface area contributed by atoms with Crippen LogP contribution in [0.3, 0.4) is 0 Å². The van der Waals surface area contributed by atoms with Gasteiger partial charge in [0.1, 0.15) is 5.82 Å². The summed E-state index contributed by atoms with van der Waals surface area (Å²) in [4.78, 5) is 9.16. The Bertz CT molecular complexity index is 831. The van der Waals surface area contributed by atoms with Crippen LogP contribution in [0.25, 0.3) is 10.8 Å². The Morgan fingerprint density at radius 1 is 0.920 bits per heavy atom. The maximum atomic E-state index is 10.5. The predicted octanol–water partition coefficient (Wildman–Crippen LogP) is 2.92. The largest absolute Gasteiger partial charge is 0.390 e. The third-order valence-corrected chi connectivity index (χ3v) is 4.79. The number of aliphatic hydroxyl groups excluding tert-OH is 1. The first-order valence-electron chi connectivity index (χ1n) is 8.82. The highest BCUT2D eigenvalue weighted by atomic mass is 16.3. The van der Waals surface area contributed by atoms with E-state index in [0.29, 0.717) is 13.1 Å². The van der Waals surface area contributed by atoms with Crippen molar-refractivity contribution in [2.24, 2.45) is 0 Å². The molecule has 0 spiro atoms. The molecule has 2 aromatic carbocycles. The summed E-state index contributed by atoms with van der Waals surface area (Å²) in [5.41, 5.74) is 1.28. The molecule has 1 fully saturated rings. The fraction of sp³-hybridized carbons (Fsp3) is 0.286. The molecule has 25 heavy (non-hydrogen) atoms. The Kier molecular flexibility index (Phi) is 4.63. The molecule has 1 aromatic heterocycles. The van der Waals surface area contributed by atoms with E-state index in [2.05, 4.69) is 51.2 Å². The maximum absolute atomic E-state index is 10.5. The summed E-state index contributed by atoms with van der Waals surface area (Å²) < 4.78 is 0. The second kappa shape index (κ2) is 7.21. The molecule has 1 aliphatic rings. The molecule has 2 heterocycles. The van der Waals surface area contributed by atoms with Gasteiger partial charge in [-0.05, 0) is 17.0 Å². The molecule has 0 unspecified atom stereocenters. The van der Waals surface area contributed by atoms with Gasteiger partial charge in [-0.3, -0.25) is 4.90 Å². The van der Waals surface area contributed by atoms with Gasteiger partial charge in [0.15, 0.2) is 0 Å². The molecule has 0 bridgehead atoms. The normalized spacial score (nSPS) is 19.1. The molecule has 1 N–H and O–H groups in total. The Labute approximate surface area is 148 Å². The van der Waals surface area contributed by atoms with Crippen LogP contribution in [0.15, 0.2) is 66.9 Å². The predicted molar refractivity (Wildman–Crippen MR) is 102 cm³/mol. The number of hydrogen-bond donors (Lipinski definition) is 1. The lowest BCUT2D eigenvalue weighted by Crippen LogP contribution is -2.33. The zero-order valence-electron chi connectivity index (χ0n) is 14.3. The van der Waals surface area contributed by atoms with Crippen molar-refractivity contribution in [3.8, 4) is 0 Å². The van der Waals surface area contributed by atoms with Gasteiger partial charge in [0.05, 0.1) is 6.10 Å². The smallest absolute Gasteiger partial charge is 0.136 e. The number of benzene rings is 2. The number of fused-ring (bicyclic) bond motifs is 1. The molecule has 4 nitrogen and oxygen atoms in total. The van der Waals surface area contributed by atoms with Crippen molar-refractivity contribution in [1.82, 2.24) is 9.88 Å². The van der Waals surface area contributed by atoms with Crippen LogP contribution in [0.5, 0.6) is 0 Å². The summed E-state index contributed by atoms with van der Waals surface area (Å²) in [7, 11) is 0. The van der Waals surface area contributed by atoms with Gasteiger partial charge >= 0.3 is 0 Å². The second-order valence-electron chi connectivity index (χ2n) is 6.68. The number of aromatic nitrogens is 1. The number of rotatable bonds is 3. The molecule has 1 saturated heterocycles. The average Bonchev–Trinajstić information content (AvgIpc) is 2.83. The Morgan fingerprint density at radius 3 is 2.60 bits per heavy atom. The number of nitrogens with zero attached hydrogens (tertiary/aromatic N) is 3. The highest BCUT2D eigenvalue weighted by molar-refractivity contribution is 5.92. The molecule has 1 atom stereocenters. The summed E-state index contributed by atoms with van der Waals surface area (Å²) >= 11 is 0. The molecule has 1 aliphatic heterocycles. The summed E-state index contributed by atoms with van der Waals surface area (Å²) in [6.07, 6.45) is 1.48. The van der Waals surface area contributed by atoms with E-state index in [1.54, 1.807) is 0 Å². The first kappa shape index (κ1) is 16.1. The summed E-state index contributed by atoms with van der Waals surface area (Å²) in [6.45, 7) is 3.96. The first-order chi connectivity index (χ1) is 12.3. The molecule has 128 valence electrons. The molecule has 4 rings (SSSR count). The third-order valence-electron chi connectivity index (χ3n) is 4.79. The van der Waals surface area contributed by atoms with E-state index >= 15 is 0 Å². The SMILES string of the molecule is O[C@@H]1CN(Cc2ccccc2)CCN(c2nccc3ccccc23)C1. The molecule has 4 heteroatoms. The van der Waals surface area contributed by atoms with Gasteiger partial charge in [-0.25, -0.2) is 4.98 Å². The van der Waals surface area contributed by atoms with Crippen LogP contribution in [0.4, 0.5) is 5.82 Å². The van der Waals surface area contributed by atoms with E-state index in [1.165, 1.54) is 10.9 Å². The number of hydrogen-bond acceptors (Lipinski definition) is 4. The van der Waals surface area contributed by atoms with Crippen LogP contribution in [0, 0.1) is 0 Å². The van der Waals surface area contributed by atoms with Gasteiger partial charge in [0.2, 0.25) is 0 Å². The third kappa shape index (κ3) is 3.65. The van der Waals surface area contributed by atoms with Crippen molar-refractivity contribution in [2.75, 3.05) is 31.1 Å². The average molecular weight is 333 g/mol. The van der Waals surface area contributed by atoms with E-state index in [1.807, 2.05) is 30.5 Å². The van der Waals surface area contributed by atoms with Crippen molar-refractivity contribution in [1.29, 1.82) is 0 Å². The van der Waals surface area contributed by atoms with Gasteiger partial charge in [-0.2, -0.15) is 0 Å². The van der Waals surface area contributed by atoms with Crippen LogP contribution < -0.4 is 4.90 Å². The van der Waals surface area contributed by atoms with Gasteiger partial charge in [-0.1, -0.05) is 54.6 Å². The van der Waals surface area contributed by atoms with Gasteiger partial charge < -0.3 is 10.0 Å². The minimum absolute atomic E-state index is 0.382. The molecular formula is C21H23N3O. The Morgan fingerprint density at radius 2 is 1.72 bits per heavy atom. The molecule has 3 aromatic rings. The monoisotopic (exact) mass is 333 g/mol. The van der Waals surface area contributed by atoms with Crippen molar-refractivity contribution in [3.05, 3.63) is 72.4 Å². The first-order valence-corrected chi connectivity index (χ1v) is 8.82. The van der Waals surface area contributed by atoms with Crippen LogP contribution >= 0.6 is 0 Å². The molecule has 0 aliphatic carbocycles. The minimum atomic E-state index is -0.382. The minimum Gasteiger partial charge on any atom is -0.390 e. The molecule has 0 radical (unpaired) electrons. The highest BCUT2D eigenvalue weighted by Crippen LogP contribution is 2.25. The lowest BCUT2D eigenvalue weighted by Gasteiger charge is -2.24. The topological polar surface area (TPSA) is 39.6 Å². The molecule has 0 saturated carbocycles. The highest BCUT2D eigenvalue weighted by Gasteiger charge is 2.23. The number of aliphatic hydroxyl groups is 1. The van der Waals surface area contributed by atoms with Crippen molar-refractivity contribution in [3.63, 3.8) is 0 Å². The second-order valence-corrected chi connectivity index (χ2v) is 6.68. The quantitative estimate of drug-likeness (QED) is 0.800. The lowest BCUT2D eigenvalue weighted by atomic mass is 10.1. The van der Waals surface area contributed by atoms with Gasteiger partial charge in [-0.15, -0.1) is 0 Å².